The van der Waals surface area contributed by atoms with Crippen LogP contribution in [0.3, 0.4) is 0 Å². The topological polar surface area (TPSA) is 12.9 Å². The van der Waals surface area contributed by atoms with Crippen LogP contribution in [0.2, 0.25) is 0 Å². The summed E-state index contributed by atoms with van der Waals surface area (Å²) in [6.45, 7) is 3.61. The van der Waals surface area contributed by atoms with Crippen molar-refractivity contribution in [2.24, 2.45) is 0 Å². The number of nitrogens with zero attached hydrogens (tertiary/aromatic N) is 1. The zero-order valence-corrected chi connectivity index (χ0v) is 5.52. The first-order valence-electron chi connectivity index (χ1n) is 2.12. The van der Waals surface area contributed by atoms with Gasteiger partial charge in [0.1, 0.15) is 0 Å². The molecule has 0 fully saturated rings. The van der Waals surface area contributed by atoms with Crippen LogP contribution in [0.25, 0.3) is 0 Å². The minimum absolute atomic E-state index is 0. The molecule has 8 heavy (non-hydrogen) atoms. The van der Waals surface area contributed by atoms with Gasteiger partial charge in [-0.15, -0.1) is 11.8 Å². The van der Waals surface area contributed by atoms with Crippen LogP contribution in [0, 0.1) is 6.92 Å². The molecule has 0 aliphatic heterocycles. The van der Waals surface area contributed by atoms with Crippen LogP contribution in [0.1, 0.15) is 5.69 Å². The maximum Gasteiger partial charge on any atom is 0.0222 e. The first kappa shape index (κ1) is 7.54. The molecule has 0 saturated carbocycles. The quantitative estimate of drug-likeness (QED) is 0.397. The van der Waals surface area contributed by atoms with E-state index in [-0.39, 0.29) is 17.1 Å². The van der Waals surface area contributed by atoms with Crippen molar-refractivity contribution in [3.8, 4) is 0 Å². The minimum Gasteiger partial charge on any atom is -0.296 e. The minimum atomic E-state index is 0. The molecule has 0 saturated heterocycles. The van der Waals surface area contributed by atoms with Crippen LogP contribution in [0.4, 0.5) is 0 Å². The number of rotatable bonds is 0. The summed E-state index contributed by atoms with van der Waals surface area (Å²) in [4.78, 5) is 3.87. The van der Waals surface area contributed by atoms with E-state index < -0.39 is 0 Å². The molecule has 1 rings (SSSR count). The van der Waals surface area contributed by atoms with Gasteiger partial charge in [-0.25, -0.2) is 6.92 Å². The SMILES string of the molecule is [CH2-]c1ccccn1.[Mn]. The number of hydrogen-bond donors (Lipinski definition) is 0. The normalized spacial score (nSPS) is 7.50. The smallest absolute Gasteiger partial charge is 0.0222 e. The summed E-state index contributed by atoms with van der Waals surface area (Å²) in [5.74, 6) is 0. The van der Waals surface area contributed by atoms with E-state index in [9.17, 15) is 0 Å². The van der Waals surface area contributed by atoms with E-state index in [1.165, 1.54) is 0 Å². The van der Waals surface area contributed by atoms with Gasteiger partial charge in [-0.3, -0.25) is 4.98 Å². The van der Waals surface area contributed by atoms with E-state index >= 15 is 0 Å². The van der Waals surface area contributed by atoms with Gasteiger partial charge in [-0.2, -0.15) is 6.07 Å². The molecule has 1 aromatic rings. The summed E-state index contributed by atoms with van der Waals surface area (Å²) >= 11 is 0. The third-order valence-electron chi connectivity index (χ3n) is 0.726. The fourth-order valence-electron chi connectivity index (χ4n) is 0.398. The first-order chi connectivity index (χ1) is 3.39. The van der Waals surface area contributed by atoms with E-state index in [1.807, 2.05) is 18.2 Å². The summed E-state index contributed by atoms with van der Waals surface area (Å²) < 4.78 is 0. The second-order valence-corrected chi connectivity index (χ2v) is 1.32. The molecule has 2 heteroatoms. The van der Waals surface area contributed by atoms with Gasteiger partial charge in [-0.1, -0.05) is 6.07 Å². The standard InChI is InChI=1S/C6H6N.Mn/c1-6-4-2-3-5-7-6;/h2-5H,1H2;/q-1;. The number of aromatic nitrogens is 1. The molecule has 0 N–H and O–H groups in total. The van der Waals surface area contributed by atoms with Gasteiger partial charge in [0, 0.05) is 23.3 Å². The molecule has 1 radical (unpaired) electrons. The molecule has 0 aromatic carbocycles. The Hall–Kier alpha value is -0.461. The predicted molar refractivity (Wildman–Crippen MR) is 28.7 cm³/mol. The van der Waals surface area contributed by atoms with Crippen LogP contribution >= 0.6 is 0 Å². The monoisotopic (exact) mass is 147 g/mol. The average Bonchev–Trinajstić information content (AvgIpc) is 1.69. The zero-order valence-electron chi connectivity index (χ0n) is 4.34. The largest absolute Gasteiger partial charge is 0.296 e. The van der Waals surface area contributed by atoms with Crippen molar-refractivity contribution >= 4 is 0 Å². The Morgan fingerprint density at radius 3 is 2.38 bits per heavy atom. The van der Waals surface area contributed by atoms with Crippen molar-refractivity contribution in [1.29, 1.82) is 0 Å². The third-order valence-corrected chi connectivity index (χ3v) is 0.726. The van der Waals surface area contributed by atoms with Gasteiger partial charge in [0.2, 0.25) is 0 Å². The molecule has 0 aliphatic rings. The molecule has 0 unspecified atom stereocenters. The fraction of sp³-hybridized carbons (Fsp3) is 0. The van der Waals surface area contributed by atoms with Crippen LogP contribution in [0.5, 0.6) is 0 Å². The number of hydrogen-bond acceptors (Lipinski definition) is 1. The molecule has 1 aromatic heterocycles. The Morgan fingerprint density at radius 1 is 1.38 bits per heavy atom. The molecule has 0 aliphatic carbocycles. The van der Waals surface area contributed by atoms with Crippen molar-refractivity contribution < 1.29 is 17.1 Å². The summed E-state index contributed by atoms with van der Waals surface area (Å²) in [6, 6.07) is 5.64. The molecule has 0 spiro atoms. The van der Waals surface area contributed by atoms with E-state index in [4.69, 9.17) is 0 Å². The van der Waals surface area contributed by atoms with Crippen LogP contribution < -0.4 is 0 Å². The molecular weight excluding hydrogens is 141 g/mol. The Morgan fingerprint density at radius 2 is 2.12 bits per heavy atom. The van der Waals surface area contributed by atoms with E-state index in [1.54, 1.807) is 6.20 Å². The number of pyridine rings is 1. The second kappa shape index (κ2) is 3.53. The van der Waals surface area contributed by atoms with Crippen LogP contribution in [0.15, 0.2) is 24.4 Å². The Bertz CT molecular complexity index is 138. The Kier molecular flexibility index (Phi) is 3.33. The molecule has 1 heterocycles. The van der Waals surface area contributed by atoms with Gasteiger partial charge in [0.25, 0.3) is 0 Å². The van der Waals surface area contributed by atoms with E-state index in [0.29, 0.717) is 0 Å². The molecule has 43 valence electrons. The Balaban J connectivity index is 0.000000490. The van der Waals surface area contributed by atoms with Gasteiger partial charge in [-0.05, 0) is 0 Å². The van der Waals surface area contributed by atoms with Crippen LogP contribution in [-0.2, 0) is 17.1 Å². The zero-order chi connectivity index (χ0) is 5.11. The second-order valence-electron chi connectivity index (χ2n) is 1.32. The molecule has 1 nitrogen and oxygen atoms in total. The predicted octanol–water partition coefficient (Wildman–Crippen LogP) is 1.26. The first-order valence-corrected chi connectivity index (χ1v) is 2.12. The Labute approximate surface area is 59.6 Å². The van der Waals surface area contributed by atoms with Crippen molar-refractivity contribution in [2.45, 2.75) is 0 Å². The maximum atomic E-state index is 3.87. The van der Waals surface area contributed by atoms with Gasteiger partial charge < -0.3 is 0 Å². The van der Waals surface area contributed by atoms with Crippen molar-refractivity contribution in [1.82, 2.24) is 4.98 Å². The van der Waals surface area contributed by atoms with E-state index in [0.717, 1.165) is 5.69 Å². The van der Waals surface area contributed by atoms with Crippen molar-refractivity contribution in [3.05, 3.63) is 37.0 Å². The van der Waals surface area contributed by atoms with Gasteiger partial charge in [0.15, 0.2) is 0 Å². The fourth-order valence-corrected chi connectivity index (χ4v) is 0.398. The average molecular weight is 147 g/mol. The third kappa shape index (κ3) is 2.01. The summed E-state index contributed by atoms with van der Waals surface area (Å²) in [6.07, 6.45) is 1.72. The van der Waals surface area contributed by atoms with E-state index in [2.05, 4.69) is 11.9 Å². The molecule has 0 amide bonds. The van der Waals surface area contributed by atoms with Gasteiger partial charge in [0.05, 0.1) is 0 Å². The van der Waals surface area contributed by atoms with Crippen molar-refractivity contribution in [3.63, 3.8) is 0 Å². The molecule has 0 atom stereocenters. The summed E-state index contributed by atoms with van der Waals surface area (Å²) in [5, 5.41) is 0. The van der Waals surface area contributed by atoms with Gasteiger partial charge >= 0.3 is 0 Å². The van der Waals surface area contributed by atoms with Crippen molar-refractivity contribution in [2.75, 3.05) is 0 Å². The molecular formula is C6H6MnN-. The maximum absolute atomic E-state index is 3.87. The molecule has 0 bridgehead atoms. The summed E-state index contributed by atoms with van der Waals surface area (Å²) in [5.41, 5.74) is 0.822. The van der Waals surface area contributed by atoms with Crippen LogP contribution in [-0.4, -0.2) is 4.98 Å². The summed E-state index contributed by atoms with van der Waals surface area (Å²) in [7, 11) is 0.